The van der Waals surface area contributed by atoms with Crippen LogP contribution in [0.4, 0.5) is 5.82 Å². The number of hydrogen-bond acceptors (Lipinski definition) is 8. The van der Waals surface area contributed by atoms with Crippen molar-refractivity contribution in [3.05, 3.63) is 41.2 Å². The predicted octanol–water partition coefficient (Wildman–Crippen LogP) is 4.02. The summed E-state index contributed by atoms with van der Waals surface area (Å²) in [6.45, 7) is 13.0. The molecule has 0 saturated heterocycles. The van der Waals surface area contributed by atoms with Crippen molar-refractivity contribution in [1.82, 2.24) is 25.1 Å². The SMILES string of the molecule is CCCCc1nc2c(N)nnc(OC(C)C)c2n1Cc1ccc(CNCC(=O)OC(C)(C)C)cc1. The first-order valence-electron chi connectivity index (χ1n) is 12.3. The first-order chi connectivity index (χ1) is 16.6. The van der Waals surface area contributed by atoms with Crippen molar-refractivity contribution >= 4 is 22.8 Å². The Balaban J connectivity index is 1.79. The normalized spacial score (nSPS) is 11.9. The molecule has 2 aromatic heterocycles. The molecule has 0 fully saturated rings. The highest BCUT2D eigenvalue weighted by Gasteiger charge is 2.20. The van der Waals surface area contributed by atoms with Crippen LogP contribution in [0.3, 0.4) is 0 Å². The highest BCUT2D eigenvalue weighted by atomic mass is 16.6. The largest absolute Gasteiger partial charge is 0.472 e. The van der Waals surface area contributed by atoms with E-state index in [9.17, 15) is 4.79 Å². The van der Waals surface area contributed by atoms with E-state index in [1.54, 1.807) is 0 Å². The summed E-state index contributed by atoms with van der Waals surface area (Å²) < 4.78 is 13.4. The molecule has 9 heteroatoms. The van der Waals surface area contributed by atoms with Crippen LogP contribution in [0.5, 0.6) is 5.88 Å². The van der Waals surface area contributed by atoms with E-state index in [1.165, 1.54) is 0 Å². The number of rotatable bonds is 11. The number of aromatic nitrogens is 4. The van der Waals surface area contributed by atoms with Crippen molar-refractivity contribution in [3.63, 3.8) is 0 Å². The molecule has 9 nitrogen and oxygen atoms in total. The minimum Gasteiger partial charge on any atom is -0.472 e. The first-order valence-corrected chi connectivity index (χ1v) is 12.3. The molecule has 0 spiro atoms. The smallest absolute Gasteiger partial charge is 0.320 e. The van der Waals surface area contributed by atoms with Gasteiger partial charge in [0.15, 0.2) is 5.82 Å². The lowest BCUT2D eigenvalue weighted by molar-refractivity contribution is -0.153. The number of carbonyl (C=O) groups excluding carboxylic acids is 1. The number of fused-ring (bicyclic) bond motifs is 1. The van der Waals surface area contributed by atoms with Gasteiger partial charge < -0.3 is 25.1 Å². The monoisotopic (exact) mass is 482 g/mol. The summed E-state index contributed by atoms with van der Waals surface area (Å²) in [5, 5.41) is 11.4. The lowest BCUT2D eigenvalue weighted by Gasteiger charge is -2.19. The number of nitrogen functional groups attached to an aromatic ring is 1. The Morgan fingerprint density at radius 3 is 2.46 bits per heavy atom. The molecule has 0 aliphatic rings. The van der Waals surface area contributed by atoms with Gasteiger partial charge in [-0.05, 0) is 52.2 Å². The van der Waals surface area contributed by atoms with Gasteiger partial charge in [-0.25, -0.2) is 4.98 Å². The van der Waals surface area contributed by atoms with Crippen LogP contribution >= 0.6 is 0 Å². The number of nitrogens with two attached hydrogens (primary N) is 1. The number of anilines is 1. The summed E-state index contributed by atoms with van der Waals surface area (Å²) >= 11 is 0. The van der Waals surface area contributed by atoms with Crippen LogP contribution in [-0.2, 0) is 29.0 Å². The molecule has 1 aromatic carbocycles. The van der Waals surface area contributed by atoms with Crippen LogP contribution in [0.1, 0.15) is 71.3 Å². The van der Waals surface area contributed by atoms with Crippen LogP contribution in [0.2, 0.25) is 0 Å². The maximum Gasteiger partial charge on any atom is 0.320 e. The zero-order valence-electron chi connectivity index (χ0n) is 21.7. The van der Waals surface area contributed by atoms with Gasteiger partial charge in [-0.3, -0.25) is 4.79 Å². The average Bonchev–Trinajstić information content (AvgIpc) is 3.13. The van der Waals surface area contributed by atoms with Crippen molar-refractivity contribution in [2.75, 3.05) is 12.3 Å². The molecule has 3 aromatic rings. The van der Waals surface area contributed by atoms with Gasteiger partial charge in [-0.2, -0.15) is 0 Å². The number of hydrogen-bond donors (Lipinski definition) is 2. The van der Waals surface area contributed by atoms with E-state index in [-0.39, 0.29) is 18.6 Å². The van der Waals surface area contributed by atoms with Gasteiger partial charge in [0, 0.05) is 19.5 Å². The van der Waals surface area contributed by atoms with Crippen molar-refractivity contribution in [1.29, 1.82) is 0 Å². The van der Waals surface area contributed by atoms with E-state index in [4.69, 9.17) is 20.2 Å². The summed E-state index contributed by atoms with van der Waals surface area (Å²) in [5.41, 5.74) is 9.26. The summed E-state index contributed by atoms with van der Waals surface area (Å²) in [5.74, 6) is 1.43. The van der Waals surface area contributed by atoms with E-state index in [2.05, 4.69) is 51.3 Å². The maximum absolute atomic E-state index is 11.9. The van der Waals surface area contributed by atoms with E-state index >= 15 is 0 Å². The Labute approximate surface area is 207 Å². The molecule has 0 saturated carbocycles. The molecular formula is C26H38N6O3. The summed E-state index contributed by atoms with van der Waals surface area (Å²) in [4.78, 5) is 16.7. The number of aryl methyl sites for hydroxylation is 1. The third-order valence-corrected chi connectivity index (χ3v) is 5.22. The molecule has 0 radical (unpaired) electrons. The zero-order chi connectivity index (χ0) is 25.6. The van der Waals surface area contributed by atoms with E-state index in [1.807, 2.05) is 34.6 Å². The Morgan fingerprint density at radius 1 is 1.14 bits per heavy atom. The second-order valence-electron chi connectivity index (χ2n) is 9.98. The summed E-state index contributed by atoms with van der Waals surface area (Å²) in [7, 11) is 0. The fourth-order valence-electron chi connectivity index (χ4n) is 3.72. The van der Waals surface area contributed by atoms with Crippen LogP contribution in [-0.4, -0.2) is 44.0 Å². The molecule has 0 bridgehead atoms. The highest BCUT2D eigenvalue weighted by molar-refractivity contribution is 5.88. The molecule has 190 valence electrons. The highest BCUT2D eigenvalue weighted by Crippen LogP contribution is 2.29. The van der Waals surface area contributed by atoms with E-state index < -0.39 is 5.60 Å². The average molecular weight is 483 g/mol. The van der Waals surface area contributed by atoms with Crippen LogP contribution in [0.25, 0.3) is 11.0 Å². The Hall–Kier alpha value is -3.20. The third kappa shape index (κ3) is 7.39. The van der Waals surface area contributed by atoms with Gasteiger partial charge in [-0.1, -0.05) is 37.6 Å². The molecule has 2 heterocycles. The van der Waals surface area contributed by atoms with Crippen molar-refractivity contribution < 1.29 is 14.3 Å². The standard InChI is InChI=1S/C26H38N6O3/c1-7-8-9-20-29-22-23(25(34-17(2)3)31-30-24(22)27)32(20)16-19-12-10-18(11-13-19)14-28-15-21(33)35-26(4,5)6/h10-13,17,28H,7-9,14-16H2,1-6H3,(H2,27,30). The zero-order valence-corrected chi connectivity index (χ0v) is 21.7. The number of nitrogens with one attached hydrogen (secondary N) is 1. The third-order valence-electron chi connectivity index (χ3n) is 5.22. The van der Waals surface area contributed by atoms with Gasteiger partial charge >= 0.3 is 5.97 Å². The van der Waals surface area contributed by atoms with Gasteiger partial charge in [0.2, 0.25) is 0 Å². The fourth-order valence-corrected chi connectivity index (χ4v) is 3.72. The quantitative estimate of drug-likeness (QED) is 0.394. The van der Waals surface area contributed by atoms with Crippen molar-refractivity contribution in [2.45, 2.75) is 85.6 Å². The second-order valence-corrected chi connectivity index (χ2v) is 9.98. The van der Waals surface area contributed by atoms with Crippen LogP contribution in [0.15, 0.2) is 24.3 Å². The summed E-state index contributed by atoms with van der Waals surface area (Å²) in [6.07, 6.45) is 2.87. The number of benzene rings is 1. The number of ether oxygens (including phenoxy) is 2. The molecule has 3 N–H and O–H groups in total. The number of esters is 1. The Bertz CT molecular complexity index is 1130. The molecule has 0 amide bonds. The van der Waals surface area contributed by atoms with E-state index in [0.717, 1.165) is 41.7 Å². The first kappa shape index (κ1) is 26.4. The Morgan fingerprint density at radius 2 is 1.83 bits per heavy atom. The maximum atomic E-state index is 11.9. The minimum atomic E-state index is -0.482. The number of unbranched alkanes of at least 4 members (excludes halogenated alkanes) is 1. The van der Waals surface area contributed by atoms with Crippen molar-refractivity contribution in [3.8, 4) is 5.88 Å². The number of carbonyl (C=O) groups is 1. The van der Waals surface area contributed by atoms with Crippen LogP contribution in [0, 0.1) is 0 Å². The lowest BCUT2D eigenvalue weighted by atomic mass is 10.1. The molecule has 35 heavy (non-hydrogen) atoms. The number of imidazole rings is 1. The second kappa shape index (κ2) is 11.5. The van der Waals surface area contributed by atoms with Crippen LogP contribution < -0.4 is 15.8 Å². The number of nitrogens with zero attached hydrogens (tertiary/aromatic N) is 4. The summed E-state index contributed by atoms with van der Waals surface area (Å²) in [6, 6.07) is 8.28. The Kier molecular flexibility index (Phi) is 8.67. The molecule has 3 rings (SSSR count). The van der Waals surface area contributed by atoms with Gasteiger partial charge in [-0.15, -0.1) is 10.2 Å². The fraction of sp³-hybridized carbons (Fsp3) is 0.538. The molecule has 0 unspecified atom stereocenters. The molecule has 0 atom stereocenters. The molecule has 0 aliphatic carbocycles. The van der Waals surface area contributed by atoms with Gasteiger partial charge in [0.25, 0.3) is 5.88 Å². The lowest BCUT2D eigenvalue weighted by Crippen LogP contribution is -2.31. The van der Waals surface area contributed by atoms with Gasteiger partial charge in [0.05, 0.1) is 12.6 Å². The molecule has 0 aliphatic heterocycles. The van der Waals surface area contributed by atoms with Crippen molar-refractivity contribution in [2.24, 2.45) is 0 Å². The topological polar surface area (TPSA) is 117 Å². The van der Waals surface area contributed by atoms with Gasteiger partial charge in [0.1, 0.15) is 22.5 Å². The molecular weight excluding hydrogens is 444 g/mol. The minimum absolute atomic E-state index is 0.0500. The predicted molar refractivity (Wildman–Crippen MR) is 137 cm³/mol. The van der Waals surface area contributed by atoms with E-state index in [0.29, 0.717) is 30.3 Å².